The standard InChI is InChI=1S/C24H31ClN2O3Si/c1-24(2,3)31(5,6)30-18-10-7-16(8-11-18)19(15-17-9-14-22(28)26-17)21-13-12-20(25)23(27-21)29-4/h7-8,10-13,15,17H,9,14H2,1-6H3,(H,26,28)/b19-15-/t17-/m1/s1. The van der Waals surface area contributed by atoms with E-state index in [1.54, 1.807) is 13.2 Å². The molecule has 1 aliphatic rings. The van der Waals surface area contributed by atoms with E-state index in [2.05, 4.69) is 50.2 Å². The van der Waals surface area contributed by atoms with Gasteiger partial charge in [-0.1, -0.05) is 50.6 Å². The number of pyridine rings is 1. The number of hydrogen-bond donors (Lipinski definition) is 1. The maximum absolute atomic E-state index is 11.7. The number of nitrogens with zero attached hydrogens (tertiary/aromatic N) is 1. The van der Waals surface area contributed by atoms with E-state index < -0.39 is 8.32 Å². The lowest BCUT2D eigenvalue weighted by Gasteiger charge is -2.36. The number of aromatic nitrogens is 1. The van der Waals surface area contributed by atoms with Crippen molar-refractivity contribution in [2.75, 3.05) is 7.11 Å². The van der Waals surface area contributed by atoms with Gasteiger partial charge in [-0.25, -0.2) is 4.98 Å². The van der Waals surface area contributed by atoms with Gasteiger partial charge in [-0.15, -0.1) is 0 Å². The van der Waals surface area contributed by atoms with Crippen molar-refractivity contribution in [3.05, 3.63) is 58.8 Å². The molecule has 31 heavy (non-hydrogen) atoms. The smallest absolute Gasteiger partial charge is 0.250 e. The highest BCUT2D eigenvalue weighted by Gasteiger charge is 2.38. The molecule has 0 spiro atoms. The molecule has 1 saturated heterocycles. The monoisotopic (exact) mass is 458 g/mol. The molecule has 0 bridgehead atoms. The van der Waals surface area contributed by atoms with Crippen LogP contribution in [0.4, 0.5) is 0 Å². The van der Waals surface area contributed by atoms with Gasteiger partial charge in [0.2, 0.25) is 20.1 Å². The molecule has 0 aliphatic carbocycles. The van der Waals surface area contributed by atoms with Crippen LogP contribution in [0.15, 0.2) is 42.5 Å². The Morgan fingerprint density at radius 2 is 1.87 bits per heavy atom. The molecule has 166 valence electrons. The van der Waals surface area contributed by atoms with Gasteiger partial charge in [-0.3, -0.25) is 4.79 Å². The fourth-order valence-corrected chi connectivity index (χ4v) is 4.37. The molecule has 5 nitrogen and oxygen atoms in total. The summed E-state index contributed by atoms with van der Waals surface area (Å²) in [6.07, 6.45) is 3.36. The number of rotatable bonds is 6. The highest BCUT2D eigenvalue weighted by molar-refractivity contribution is 6.74. The Morgan fingerprint density at radius 1 is 1.19 bits per heavy atom. The van der Waals surface area contributed by atoms with Crippen LogP contribution in [0.25, 0.3) is 5.57 Å². The van der Waals surface area contributed by atoms with Crippen molar-refractivity contribution in [2.45, 2.75) is 57.8 Å². The number of carbonyl (C=O) groups excluding carboxylic acids is 1. The van der Waals surface area contributed by atoms with Gasteiger partial charge < -0.3 is 14.5 Å². The van der Waals surface area contributed by atoms with Crippen LogP contribution in [0.5, 0.6) is 11.6 Å². The molecule has 1 aromatic heterocycles. The van der Waals surface area contributed by atoms with Crippen molar-refractivity contribution >= 4 is 31.4 Å². The van der Waals surface area contributed by atoms with Gasteiger partial charge in [0.1, 0.15) is 10.8 Å². The van der Waals surface area contributed by atoms with E-state index in [4.69, 9.17) is 20.8 Å². The summed E-state index contributed by atoms with van der Waals surface area (Å²) >= 11 is 6.18. The molecule has 0 unspecified atom stereocenters. The van der Waals surface area contributed by atoms with Gasteiger partial charge in [0.25, 0.3) is 0 Å². The number of halogens is 1. The Hall–Kier alpha value is -2.31. The Bertz CT molecular complexity index is 981. The van der Waals surface area contributed by atoms with Gasteiger partial charge in [-0.2, -0.15) is 0 Å². The minimum Gasteiger partial charge on any atom is -0.544 e. The molecule has 0 radical (unpaired) electrons. The molecule has 1 fully saturated rings. The first-order valence-electron chi connectivity index (χ1n) is 10.5. The molecule has 0 saturated carbocycles. The second kappa shape index (κ2) is 9.05. The third kappa shape index (κ3) is 5.49. The molecule has 1 aliphatic heterocycles. The predicted molar refractivity (Wildman–Crippen MR) is 128 cm³/mol. The van der Waals surface area contributed by atoms with E-state index in [1.165, 1.54) is 0 Å². The van der Waals surface area contributed by atoms with Crippen LogP contribution in [0, 0.1) is 0 Å². The summed E-state index contributed by atoms with van der Waals surface area (Å²) in [4.78, 5) is 16.3. The van der Waals surface area contributed by atoms with E-state index in [-0.39, 0.29) is 17.0 Å². The van der Waals surface area contributed by atoms with Crippen LogP contribution in [-0.2, 0) is 4.79 Å². The van der Waals surface area contributed by atoms with Gasteiger partial charge >= 0.3 is 0 Å². The third-order valence-corrected chi connectivity index (χ3v) is 10.7. The number of amides is 1. The fourth-order valence-electron chi connectivity index (χ4n) is 3.16. The topological polar surface area (TPSA) is 60.5 Å². The maximum Gasteiger partial charge on any atom is 0.250 e. The Labute approximate surface area is 191 Å². The predicted octanol–water partition coefficient (Wildman–Crippen LogP) is 5.84. The normalized spacial score (nSPS) is 17.5. The van der Waals surface area contributed by atoms with Crippen LogP contribution in [0.2, 0.25) is 23.2 Å². The summed E-state index contributed by atoms with van der Waals surface area (Å²) in [6, 6.07) is 11.7. The summed E-state index contributed by atoms with van der Waals surface area (Å²) in [7, 11) is -0.369. The Balaban J connectivity index is 1.96. The first kappa shape index (κ1) is 23.4. The van der Waals surface area contributed by atoms with Crippen molar-refractivity contribution in [2.24, 2.45) is 0 Å². The van der Waals surface area contributed by atoms with Crippen molar-refractivity contribution in [3.8, 4) is 11.6 Å². The number of carbonyl (C=O) groups is 1. The van der Waals surface area contributed by atoms with Crippen molar-refractivity contribution in [3.63, 3.8) is 0 Å². The molecule has 7 heteroatoms. The van der Waals surface area contributed by atoms with E-state index in [0.717, 1.165) is 29.0 Å². The zero-order valence-electron chi connectivity index (χ0n) is 19.1. The quantitative estimate of drug-likeness (QED) is 0.552. The number of nitrogens with one attached hydrogen (secondary N) is 1. The minimum absolute atomic E-state index is 0.0332. The summed E-state index contributed by atoms with van der Waals surface area (Å²) < 4.78 is 11.7. The zero-order chi connectivity index (χ0) is 22.8. The SMILES string of the molecule is COc1nc(/C(=C\[C@H]2CCC(=O)N2)c2ccc(O[Si](C)(C)C(C)(C)C)cc2)ccc1Cl. The Morgan fingerprint density at radius 3 is 2.42 bits per heavy atom. The summed E-state index contributed by atoms with van der Waals surface area (Å²) in [6.45, 7) is 11.1. The number of hydrogen-bond acceptors (Lipinski definition) is 4. The average Bonchev–Trinajstić information content (AvgIpc) is 3.11. The van der Waals surface area contributed by atoms with Crippen LogP contribution >= 0.6 is 11.6 Å². The molecule has 2 aromatic rings. The maximum atomic E-state index is 11.7. The molecular formula is C24H31ClN2O3Si. The fraction of sp³-hybridized carbons (Fsp3) is 0.417. The second-order valence-corrected chi connectivity index (χ2v) is 14.5. The van der Waals surface area contributed by atoms with Crippen molar-refractivity contribution < 1.29 is 14.0 Å². The first-order chi connectivity index (χ1) is 14.5. The van der Waals surface area contributed by atoms with E-state index in [0.29, 0.717) is 17.3 Å². The second-order valence-electron chi connectivity index (χ2n) is 9.37. The van der Waals surface area contributed by atoms with Crippen LogP contribution in [-0.4, -0.2) is 32.4 Å². The lowest BCUT2D eigenvalue weighted by Crippen LogP contribution is -2.43. The van der Waals surface area contributed by atoms with Gasteiger partial charge in [0, 0.05) is 18.0 Å². The molecule has 2 heterocycles. The Kier molecular flexibility index (Phi) is 6.81. The minimum atomic E-state index is -1.92. The van der Waals surface area contributed by atoms with E-state index in [1.807, 2.05) is 30.3 Å². The number of ether oxygens (including phenoxy) is 1. The number of methoxy groups -OCH3 is 1. The van der Waals surface area contributed by atoms with Gasteiger partial charge in [0.05, 0.1) is 12.8 Å². The summed E-state index contributed by atoms with van der Waals surface area (Å²) in [5, 5.41) is 3.59. The van der Waals surface area contributed by atoms with Gasteiger partial charge in [-0.05, 0) is 54.4 Å². The highest BCUT2D eigenvalue weighted by atomic mass is 35.5. The molecule has 1 amide bonds. The van der Waals surface area contributed by atoms with Crippen LogP contribution in [0.3, 0.4) is 0 Å². The molecule has 3 rings (SSSR count). The lowest BCUT2D eigenvalue weighted by atomic mass is 9.99. The summed E-state index contributed by atoms with van der Waals surface area (Å²) in [5.41, 5.74) is 2.64. The highest BCUT2D eigenvalue weighted by Crippen LogP contribution is 2.38. The average molecular weight is 459 g/mol. The summed E-state index contributed by atoms with van der Waals surface area (Å²) in [5.74, 6) is 1.31. The van der Waals surface area contributed by atoms with Gasteiger partial charge in [0.15, 0.2) is 0 Å². The third-order valence-electron chi connectivity index (χ3n) is 6.02. The molecule has 1 aromatic carbocycles. The van der Waals surface area contributed by atoms with Crippen molar-refractivity contribution in [1.82, 2.24) is 10.3 Å². The van der Waals surface area contributed by atoms with Crippen LogP contribution in [0.1, 0.15) is 44.9 Å². The molecular weight excluding hydrogens is 428 g/mol. The molecule has 1 N–H and O–H groups in total. The zero-order valence-corrected chi connectivity index (χ0v) is 20.8. The largest absolute Gasteiger partial charge is 0.544 e. The molecule has 1 atom stereocenters. The van der Waals surface area contributed by atoms with E-state index in [9.17, 15) is 4.79 Å². The van der Waals surface area contributed by atoms with Crippen LogP contribution < -0.4 is 14.5 Å². The number of benzene rings is 1. The van der Waals surface area contributed by atoms with E-state index >= 15 is 0 Å². The lowest BCUT2D eigenvalue weighted by molar-refractivity contribution is -0.119. The van der Waals surface area contributed by atoms with Crippen molar-refractivity contribution in [1.29, 1.82) is 0 Å². The first-order valence-corrected chi connectivity index (χ1v) is 13.8.